The fourth-order valence-electron chi connectivity index (χ4n) is 3.02. The van der Waals surface area contributed by atoms with Gasteiger partial charge in [0.25, 0.3) is 0 Å². The van der Waals surface area contributed by atoms with Crippen molar-refractivity contribution in [2.75, 3.05) is 50.1 Å². The lowest BCUT2D eigenvalue weighted by Gasteiger charge is -2.28. The lowest BCUT2D eigenvalue weighted by molar-refractivity contribution is -0.132. The number of morpholine rings is 1. The van der Waals surface area contributed by atoms with Gasteiger partial charge >= 0.3 is 0 Å². The van der Waals surface area contributed by atoms with Gasteiger partial charge in [-0.2, -0.15) is 0 Å². The minimum absolute atomic E-state index is 0.0193. The summed E-state index contributed by atoms with van der Waals surface area (Å²) in [5, 5.41) is 3.38. The monoisotopic (exact) mass is 401 g/mol. The molecule has 28 heavy (non-hydrogen) atoms. The first-order valence-corrected chi connectivity index (χ1v) is 9.61. The van der Waals surface area contributed by atoms with Gasteiger partial charge in [0.15, 0.2) is 0 Å². The van der Waals surface area contributed by atoms with Crippen molar-refractivity contribution in [3.05, 3.63) is 59.1 Å². The van der Waals surface area contributed by atoms with E-state index in [9.17, 15) is 9.59 Å². The Morgan fingerprint density at radius 2 is 1.79 bits per heavy atom. The molecule has 1 aliphatic rings. The molecule has 1 saturated heterocycles. The van der Waals surface area contributed by atoms with Gasteiger partial charge < -0.3 is 19.9 Å². The predicted molar refractivity (Wildman–Crippen MR) is 111 cm³/mol. The number of halogens is 1. The summed E-state index contributed by atoms with van der Waals surface area (Å²) in [6, 6.07) is 14.9. The minimum atomic E-state index is -0.242. The number of hydrogen-bond acceptors (Lipinski definition) is 4. The van der Waals surface area contributed by atoms with Crippen molar-refractivity contribution in [2.45, 2.75) is 6.42 Å². The molecule has 7 heteroatoms. The molecule has 0 aromatic heterocycles. The number of amides is 2. The Hall–Kier alpha value is -2.57. The Kier molecular flexibility index (Phi) is 6.90. The Morgan fingerprint density at radius 1 is 1.11 bits per heavy atom. The molecule has 0 unspecified atom stereocenters. The van der Waals surface area contributed by atoms with Crippen LogP contribution in [0.5, 0.6) is 0 Å². The van der Waals surface area contributed by atoms with E-state index < -0.39 is 0 Å². The molecule has 0 saturated carbocycles. The van der Waals surface area contributed by atoms with Gasteiger partial charge in [-0.25, -0.2) is 0 Å². The first-order valence-electron chi connectivity index (χ1n) is 9.23. The summed E-state index contributed by atoms with van der Waals surface area (Å²) >= 11 is 6.09. The zero-order valence-electron chi connectivity index (χ0n) is 15.9. The van der Waals surface area contributed by atoms with Crippen LogP contribution in [0.3, 0.4) is 0 Å². The average molecular weight is 402 g/mol. The van der Waals surface area contributed by atoms with Crippen LogP contribution in [0.2, 0.25) is 5.02 Å². The maximum Gasteiger partial charge on any atom is 0.243 e. The van der Waals surface area contributed by atoms with E-state index in [1.54, 1.807) is 13.1 Å². The van der Waals surface area contributed by atoms with Crippen LogP contribution >= 0.6 is 11.6 Å². The lowest BCUT2D eigenvalue weighted by Crippen LogP contribution is -2.36. The van der Waals surface area contributed by atoms with Gasteiger partial charge in [0.1, 0.15) is 0 Å². The van der Waals surface area contributed by atoms with Crippen LogP contribution in [-0.4, -0.2) is 56.6 Å². The summed E-state index contributed by atoms with van der Waals surface area (Å²) in [5.74, 6) is -0.403. The van der Waals surface area contributed by atoms with Gasteiger partial charge in [-0.1, -0.05) is 29.8 Å². The minimum Gasteiger partial charge on any atom is -0.378 e. The second kappa shape index (κ2) is 9.57. The van der Waals surface area contributed by atoms with E-state index in [0.29, 0.717) is 10.7 Å². The summed E-state index contributed by atoms with van der Waals surface area (Å²) in [6.45, 7) is 3.17. The van der Waals surface area contributed by atoms with E-state index in [0.717, 1.165) is 37.6 Å². The van der Waals surface area contributed by atoms with E-state index in [4.69, 9.17) is 16.3 Å². The van der Waals surface area contributed by atoms with Crippen molar-refractivity contribution in [1.82, 2.24) is 4.90 Å². The molecule has 2 aromatic carbocycles. The van der Waals surface area contributed by atoms with E-state index in [2.05, 4.69) is 10.2 Å². The number of rotatable bonds is 6. The average Bonchev–Trinajstić information content (AvgIpc) is 2.71. The van der Waals surface area contributed by atoms with E-state index in [1.807, 2.05) is 42.5 Å². The summed E-state index contributed by atoms with van der Waals surface area (Å²) in [4.78, 5) is 28.3. The third-order valence-corrected chi connectivity index (χ3v) is 5.00. The Labute approximate surface area is 170 Å². The lowest BCUT2D eigenvalue weighted by atomic mass is 10.1. The van der Waals surface area contributed by atoms with Crippen LogP contribution in [0.1, 0.15) is 5.56 Å². The highest BCUT2D eigenvalue weighted by molar-refractivity contribution is 6.31. The standard InChI is InChI=1S/C21H24ClN3O3/c1-24(21(27)14-16-4-2-3-5-19(16)22)15-20(26)23-17-6-8-18(9-7-17)25-10-12-28-13-11-25/h2-9H,10-15H2,1H3,(H,23,26). The number of carbonyl (C=O) groups excluding carboxylic acids is 2. The topological polar surface area (TPSA) is 61.9 Å². The highest BCUT2D eigenvalue weighted by Gasteiger charge is 2.15. The number of nitrogens with one attached hydrogen (secondary N) is 1. The van der Waals surface area contributed by atoms with Crippen LogP contribution in [0.15, 0.2) is 48.5 Å². The second-order valence-corrected chi connectivity index (χ2v) is 7.12. The van der Waals surface area contributed by atoms with E-state index in [1.165, 1.54) is 4.90 Å². The largest absolute Gasteiger partial charge is 0.378 e. The Morgan fingerprint density at radius 3 is 2.46 bits per heavy atom. The van der Waals surface area contributed by atoms with E-state index >= 15 is 0 Å². The Balaban J connectivity index is 1.50. The number of hydrogen-bond donors (Lipinski definition) is 1. The second-order valence-electron chi connectivity index (χ2n) is 6.71. The SMILES string of the molecule is CN(CC(=O)Nc1ccc(N2CCOCC2)cc1)C(=O)Cc1ccccc1Cl. The molecule has 1 aliphatic heterocycles. The van der Waals surface area contributed by atoms with Crippen molar-refractivity contribution in [2.24, 2.45) is 0 Å². The third kappa shape index (κ3) is 5.47. The number of benzene rings is 2. The summed E-state index contributed by atoms with van der Waals surface area (Å²) in [7, 11) is 1.61. The summed E-state index contributed by atoms with van der Waals surface area (Å²) < 4.78 is 5.36. The molecule has 6 nitrogen and oxygen atoms in total. The molecule has 148 valence electrons. The molecule has 0 atom stereocenters. The van der Waals surface area contributed by atoms with Gasteiger partial charge in [0.2, 0.25) is 11.8 Å². The molecular weight excluding hydrogens is 378 g/mol. The number of carbonyl (C=O) groups is 2. The zero-order valence-corrected chi connectivity index (χ0v) is 16.6. The maximum absolute atomic E-state index is 12.3. The zero-order chi connectivity index (χ0) is 19.9. The summed E-state index contributed by atoms with van der Waals surface area (Å²) in [6.07, 6.45) is 0.164. The van der Waals surface area contributed by atoms with Gasteiger partial charge in [0, 0.05) is 36.5 Å². The van der Waals surface area contributed by atoms with Crippen LogP contribution in [-0.2, 0) is 20.7 Å². The molecule has 3 rings (SSSR count). The van der Waals surface area contributed by atoms with Gasteiger partial charge in [-0.3, -0.25) is 9.59 Å². The van der Waals surface area contributed by atoms with Crippen LogP contribution < -0.4 is 10.2 Å². The molecule has 1 heterocycles. The first kappa shape index (κ1) is 20.2. The fourth-order valence-corrected chi connectivity index (χ4v) is 3.22. The van der Waals surface area contributed by atoms with Crippen LogP contribution in [0.25, 0.3) is 0 Å². The number of likely N-dealkylation sites (N-methyl/N-ethyl adjacent to an activating group) is 1. The molecular formula is C21H24ClN3O3. The molecule has 0 bridgehead atoms. The van der Waals surface area contributed by atoms with Crippen molar-refractivity contribution in [3.63, 3.8) is 0 Å². The summed E-state index contributed by atoms with van der Waals surface area (Å²) in [5.41, 5.74) is 2.56. The number of ether oxygens (including phenoxy) is 1. The smallest absolute Gasteiger partial charge is 0.243 e. The van der Waals surface area contributed by atoms with E-state index in [-0.39, 0.29) is 24.8 Å². The van der Waals surface area contributed by atoms with Crippen molar-refractivity contribution in [3.8, 4) is 0 Å². The van der Waals surface area contributed by atoms with Crippen molar-refractivity contribution >= 4 is 34.8 Å². The van der Waals surface area contributed by atoms with Gasteiger partial charge in [-0.15, -0.1) is 0 Å². The number of nitrogens with zero attached hydrogens (tertiary/aromatic N) is 2. The van der Waals surface area contributed by atoms with Gasteiger partial charge in [-0.05, 0) is 35.9 Å². The molecule has 0 spiro atoms. The van der Waals surface area contributed by atoms with Crippen molar-refractivity contribution in [1.29, 1.82) is 0 Å². The highest BCUT2D eigenvalue weighted by atomic mass is 35.5. The first-order chi connectivity index (χ1) is 13.5. The van der Waals surface area contributed by atoms with Crippen molar-refractivity contribution < 1.29 is 14.3 Å². The molecule has 0 radical (unpaired) electrons. The predicted octanol–water partition coefficient (Wildman–Crippen LogP) is 2.82. The quantitative estimate of drug-likeness (QED) is 0.808. The highest BCUT2D eigenvalue weighted by Crippen LogP contribution is 2.19. The molecule has 2 aromatic rings. The molecule has 0 aliphatic carbocycles. The molecule has 1 N–H and O–H groups in total. The van der Waals surface area contributed by atoms with Crippen LogP contribution in [0.4, 0.5) is 11.4 Å². The third-order valence-electron chi connectivity index (χ3n) is 4.63. The fraction of sp³-hybridized carbons (Fsp3) is 0.333. The molecule has 2 amide bonds. The maximum atomic E-state index is 12.3. The number of anilines is 2. The Bertz CT molecular complexity index is 820. The normalized spacial score (nSPS) is 13.9. The van der Waals surface area contributed by atoms with Crippen LogP contribution in [0, 0.1) is 0 Å². The molecule has 1 fully saturated rings. The van der Waals surface area contributed by atoms with Gasteiger partial charge in [0.05, 0.1) is 26.2 Å².